The number of nitrogens with zero attached hydrogens (tertiary/aromatic N) is 3. The summed E-state index contributed by atoms with van der Waals surface area (Å²) in [5, 5.41) is 10.3. The molecular formula is C24H13ClF4N4O. The van der Waals surface area contributed by atoms with Crippen molar-refractivity contribution in [3.63, 3.8) is 0 Å². The van der Waals surface area contributed by atoms with Crippen molar-refractivity contribution in [1.82, 2.24) is 15.0 Å². The molecule has 1 aromatic heterocycles. The predicted octanol–water partition coefficient (Wildman–Crippen LogP) is 6.24. The summed E-state index contributed by atoms with van der Waals surface area (Å²) in [6.07, 6.45) is -1.45. The van der Waals surface area contributed by atoms with Crippen LogP contribution in [0.1, 0.15) is 16.7 Å². The lowest BCUT2D eigenvalue weighted by atomic mass is 10.0. The lowest BCUT2D eigenvalue weighted by Gasteiger charge is -2.10. The summed E-state index contributed by atoms with van der Waals surface area (Å²) in [6.45, 7) is 0. The highest BCUT2D eigenvalue weighted by Crippen LogP contribution is 2.36. The van der Waals surface area contributed by atoms with Crippen LogP contribution in [0.2, 0.25) is 5.02 Å². The highest BCUT2D eigenvalue weighted by molar-refractivity contribution is 6.35. The maximum atomic E-state index is 13.6. The Morgan fingerprint density at radius 2 is 1.76 bits per heavy atom. The molecule has 0 atom stereocenters. The van der Waals surface area contributed by atoms with Crippen molar-refractivity contribution >= 4 is 34.8 Å². The van der Waals surface area contributed by atoms with Gasteiger partial charge in [0.2, 0.25) is 0 Å². The summed E-state index contributed by atoms with van der Waals surface area (Å²) >= 11 is 5.68. The molecule has 1 N–H and O–H groups in total. The summed E-state index contributed by atoms with van der Waals surface area (Å²) in [6, 6.07) is 14.5. The number of carbonyl (C=O) groups is 1. The first-order valence-electron chi connectivity index (χ1n) is 9.92. The normalized spacial score (nSPS) is 14.4. The summed E-state index contributed by atoms with van der Waals surface area (Å²) in [4.78, 5) is 12.3. The van der Waals surface area contributed by atoms with Crippen molar-refractivity contribution in [3.8, 4) is 16.9 Å². The lowest BCUT2D eigenvalue weighted by molar-refractivity contribution is -0.137. The quantitative estimate of drug-likeness (QED) is 0.277. The van der Waals surface area contributed by atoms with Crippen LogP contribution in [0.3, 0.4) is 0 Å². The fourth-order valence-electron chi connectivity index (χ4n) is 3.62. The van der Waals surface area contributed by atoms with Gasteiger partial charge in [-0.25, -0.2) is 9.07 Å². The minimum absolute atomic E-state index is 0.162. The standard InChI is InChI=1S/C24H13ClF4N4O/c25-20-7-6-16(11-19(20)24(27,28)29)33-12-22(31-32-33)14-3-1-13(2-4-14)9-18-17-10-15(26)5-8-21(17)30-23(18)34/h1-12H,(H,30,34). The zero-order valence-electron chi connectivity index (χ0n) is 17.1. The zero-order chi connectivity index (χ0) is 24.0. The van der Waals surface area contributed by atoms with Crippen molar-refractivity contribution < 1.29 is 22.4 Å². The Morgan fingerprint density at radius 3 is 2.50 bits per heavy atom. The third-order valence-electron chi connectivity index (χ3n) is 5.30. The van der Waals surface area contributed by atoms with E-state index in [4.69, 9.17) is 11.6 Å². The molecule has 5 rings (SSSR count). The Morgan fingerprint density at radius 1 is 1.00 bits per heavy atom. The smallest absolute Gasteiger partial charge is 0.321 e. The number of hydrogen-bond donors (Lipinski definition) is 1. The van der Waals surface area contributed by atoms with E-state index in [0.717, 1.165) is 12.1 Å². The first kappa shape index (κ1) is 21.8. The number of anilines is 1. The summed E-state index contributed by atoms with van der Waals surface area (Å²) in [7, 11) is 0. The van der Waals surface area contributed by atoms with Crippen LogP contribution in [0.4, 0.5) is 23.2 Å². The van der Waals surface area contributed by atoms with Gasteiger partial charge in [-0.1, -0.05) is 41.1 Å². The highest BCUT2D eigenvalue weighted by Gasteiger charge is 2.33. The van der Waals surface area contributed by atoms with Crippen molar-refractivity contribution in [1.29, 1.82) is 0 Å². The second-order valence-electron chi connectivity index (χ2n) is 7.53. The van der Waals surface area contributed by atoms with Gasteiger partial charge in [-0.05, 0) is 48.0 Å². The monoisotopic (exact) mass is 484 g/mol. The lowest BCUT2D eigenvalue weighted by Crippen LogP contribution is -2.07. The summed E-state index contributed by atoms with van der Waals surface area (Å²) < 4.78 is 54.3. The van der Waals surface area contributed by atoms with E-state index in [0.29, 0.717) is 33.6 Å². The molecule has 170 valence electrons. The zero-order valence-corrected chi connectivity index (χ0v) is 17.8. The van der Waals surface area contributed by atoms with Gasteiger partial charge in [0.25, 0.3) is 5.91 Å². The number of fused-ring (bicyclic) bond motifs is 1. The van der Waals surface area contributed by atoms with Crippen molar-refractivity contribution in [3.05, 3.63) is 94.4 Å². The molecule has 1 amide bonds. The number of nitrogens with one attached hydrogen (secondary N) is 1. The molecule has 2 heterocycles. The van der Waals surface area contributed by atoms with Gasteiger partial charge in [-0.15, -0.1) is 5.10 Å². The van der Waals surface area contributed by atoms with Crippen LogP contribution in [0.15, 0.2) is 66.9 Å². The number of carbonyl (C=O) groups excluding carboxylic acids is 1. The molecule has 0 unspecified atom stereocenters. The minimum atomic E-state index is -4.59. The molecule has 0 radical (unpaired) electrons. The molecule has 1 aliphatic rings. The second kappa shape index (κ2) is 8.11. The average Bonchev–Trinajstić information content (AvgIpc) is 3.39. The Balaban J connectivity index is 1.42. The molecule has 0 saturated carbocycles. The first-order valence-corrected chi connectivity index (χ1v) is 10.3. The fraction of sp³-hybridized carbons (Fsp3) is 0.0417. The van der Waals surface area contributed by atoms with Crippen LogP contribution in [-0.4, -0.2) is 20.9 Å². The number of rotatable bonds is 3. The topological polar surface area (TPSA) is 59.8 Å². The van der Waals surface area contributed by atoms with Gasteiger partial charge >= 0.3 is 6.18 Å². The van der Waals surface area contributed by atoms with E-state index in [1.54, 1.807) is 30.3 Å². The molecule has 5 nitrogen and oxygen atoms in total. The maximum absolute atomic E-state index is 13.6. The molecular weight excluding hydrogens is 472 g/mol. The number of alkyl halides is 3. The highest BCUT2D eigenvalue weighted by atomic mass is 35.5. The molecule has 1 aliphatic heterocycles. The van der Waals surface area contributed by atoms with Crippen LogP contribution < -0.4 is 5.32 Å². The van der Waals surface area contributed by atoms with Crippen LogP contribution in [0.25, 0.3) is 28.6 Å². The molecule has 0 fully saturated rings. The van der Waals surface area contributed by atoms with Gasteiger partial charge in [0.1, 0.15) is 11.5 Å². The molecule has 0 aliphatic carbocycles. The predicted molar refractivity (Wildman–Crippen MR) is 120 cm³/mol. The number of hydrogen-bond acceptors (Lipinski definition) is 3. The summed E-state index contributed by atoms with van der Waals surface area (Å²) in [5.41, 5.74) is 2.38. The SMILES string of the molecule is O=C1Nc2ccc(F)cc2C1=Cc1ccc(-c2cn(-c3ccc(Cl)c(C(F)(F)F)c3)nn2)cc1. The van der Waals surface area contributed by atoms with Gasteiger partial charge in [0.15, 0.2) is 0 Å². The molecule has 0 bridgehead atoms. The molecule has 4 aromatic rings. The molecule has 0 spiro atoms. The van der Waals surface area contributed by atoms with Gasteiger partial charge in [-0.3, -0.25) is 4.79 Å². The summed E-state index contributed by atoms with van der Waals surface area (Å²) in [5.74, 6) is -0.767. The van der Waals surface area contributed by atoms with E-state index in [1.165, 1.54) is 35.1 Å². The number of aromatic nitrogens is 3. The van der Waals surface area contributed by atoms with Crippen molar-refractivity contribution in [2.75, 3.05) is 5.32 Å². The molecule has 3 aromatic carbocycles. The molecule has 10 heteroatoms. The van der Waals surface area contributed by atoms with E-state index < -0.39 is 22.6 Å². The Hall–Kier alpha value is -3.98. The largest absolute Gasteiger partial charge is 0.417 e. The minimum Gasteiger partial charge on any atom is -0.321 e. The van der Waals surface area contributed by atoms with Crippen molar-refractivity contribution in [2.45, 2.75) is 6.18 Å². The van der Waals surface area contributed by atoms with E-state index in [1.807, 2.05) is 0 Å². The van der Waals surface area contributed by atoms with Gasteiger partial charge in [0.05, 0.1) is 22.5 Å². The number of halogens is 5. The fourth-order valence-corrected chi connectivity index (χ4v) is 3.84. The maximum Gasteiger partial charge on any atom is 0.417 e. The van der Waals surface area contributed by atoms with Crippen LogP contribution in [0, 0.1) is 5.82 Å². The van der Waals surface area contributed by atoms with Gasteiger partial charge in [-0.2, -0.15) is 13.2 Å². The Labute approximate surface area is 195 Å². The third-order valence-corrected chi connectivity index (χ3v) is 5.62. The van der Waals surface area contributed by atoms with E-state index in [2.05, 4.69) is 15.6 Å². The Bertz CT molecular complexity index is 1460. The van der Waals surface area contributed by atoms with Gasteiger partial charge < -0.3 is 5.32 Å². The van der Waals surface area contributed by atoms with Crippen LogP contribution >= 0.6 is 11.6 Å². The molecule has 0 saturated heterocycles. The van der Waals surface area contributed by atoms with E-state index in [9.17, 15) is 22.4 Å². The van der Waals surface area contributed by atoms with Crippen molar-refractivity contribution in [2.24, 2.45) is 0 Å². The van der Waals surface area contributed by atoms with Crippen LogP contribution in [0.5, 0.6) is 0 Å². The number of amides is 1. The van der Waals surface area contributed by atoms with E-state index >= 15 is 0 Å². The van der Waals surface area contributed by atoms with Gasteiger partial charge in [0, 0.05) is 22.4 Å². The van der Waals surface area contributed by atoms with Crippen LogP contribution in [-0.2, 0) is 11.0 Å². The average molecular weight is 485 g/mol. The third kappa shape index (κ3) is 4.06. The van der Waals surface area contributed by atoms with E-state index in [-0.39, 0.29) is 11.6 Å². The molecule has 34 heavy (non-hydrogen) atoms. The number of benzene rings is 3. The Kier molecular flexibility index (Phi) is 5.21. The second-order valence-corrected chi connectivity index (χ2v) is 7.94. The first-order chi connectivity index (χ1) is 16.2.